The Labute approximate surface area is 475 Å². The van der Waals surface area contributed by atoms with E-state index in [1.54, 1.807) is 55.8 Å². The van der Waals surface area contributed by atoms with Gasteiger partial charge in [-0.3, -0.25) is 47.9 Å². The van der Waals surface area contributed by atoms with Crippen molar-refractivity contribution in [2.45, 2.75) is 136 Å². The fourth-order valence-electron chi connectivity index (χ4n) is 8.76. The van der Waals surface area contributed by atoms with Crippen molar-refractivity contribution >= 4 is 76.8 Å². The molecule has 0 saturated carbocycles. The van der Waals surface area contributed by atoms with Crippen molar-refractivity contribution in [2.24, 2.45) is 11.1 Å². The quantitative estimate of drug-likeness (QED) is 0.0384. The lowest BCUT2D eigenvalue weighted by Crippen LogP contribution is -2.57. The largest absolute Gasteiger partial charge is 0.480 e. The number of hydroxylamine groups is 2. The van der Waals surface area contributed by atoms with Gasteiger partial charge in [-0.1, -0.05) is 51.1 Å². The molecular formula is C55H70F2N10O16. The number of primary amides is 1. The number of aliphatic hydroxyl groups excluding tert-OH is 1. The number of rotatable bonds is 32. The molecule has 3 aromatic rings. The Kier molecular flexibility index (Phi) is 25.1. The molecule has 0 aliphatic carbocycles. The molecule has 26 nitrogen and oxygen atoms in total. The van der Waals surface area contributed by atoms with Gasteiger partial charge in [-0.2, -0.15) is 0 Å². The van der Waals surface area contributed by atoms with Gasteiger partial charge < -0.3 is 66.9 Å². The van der Waals surface area contributed by atoms with Gasteiger partial charge in [-0.25, -0.2) is 18.4 Å². The molecule has 5 atom stereocenters. The van der Waals surface area contributed by atoms with E-state index in [0.29, 0.717) is 10.8 Å². The smallest absolute Gasteiger partial charge is 0.333 e. The second-order valence-electron chi connectivity index (χ2n) is 20.7. The van der Waals surface area contributed by atoms with E-state index < -0.39 is 164 Å². The molecule has 1 aromatic heterocycles. The number of carbonyl (C=O) groups is 13. The lowest BCUT2D eigenvalue weighted by Gasteiger charge is -2.41. The summed E-state index contributed by atoms with van der Waals surface area (Å²) >= 11 is 0. The van der Waals surface area contributed by atoms with Crippen molar-refractivity contribution in [2.75, 3.05) is 26.2 Å². The van der Waals surface area contributed by atoms with E-state index in [9.17, 15) is 76.9 Å². The predicted molar refractivity (Wildman–Crippen MR) is 287 cm³/mol. The zero-order valence-corrected chi connectivity index (χ0v) is 46.6. The number of carbonyl (C=O) groups excluding carboxylic acids is 12. The molecular weight excluding hydrogens is 1090 g/mol. The minimum absolute atomic E-state index is 0.0939. The Hall–Kier alpha value is -8.95. The summed E-state index contributed by atoms with van der Waals surface area (Å²) in [6, 6.07) is 6.24. The summed E-state index contributed by atoms with van der Waals surface area (Å²) in [6.45, 7) is 5.13. The number of hydrogen-bond acceptors (Lipinski definition) is 15. The molecule has 1 aliphatic heterocycles. The van der Waals surface area contributed by atoms with Crippen molar-refractivity contribution < 1.29 is 86.2 Å². The molecule has 10 N–H and O–H groups in total. The summed E-state index contributed by atoms with van der Waals surface area (Å²) in [7, 11) is 0. The van der Waals surface area contributed by atoms with Gasteiger partial charge in [0.05, 0.1) is 19.0 Å². The van der Waals surface area contributed by atoms with Crippen LogP contribution >= 0.6 is 0 Å². The monoisotopic (exact) mass is 1160 g/mol. The van der Waals surface area contributed by atoms with Crippen LogP contribution in [0, 0.1) is 17.0 Å². The zero-order chi connectivity index (χ0) is 61.7. The number of amides is 10. The normalized spacial score (nSPS) is 14.0. The van der Waals surface area contributed by atoms with E-state index >= 15 is 4.39 Å². The number of nitrogens with two attached hydrogens (primary N) is 1. The van der Waals surface area contributed by atoms with E-state index in [-0.39, 0.29) is 68.4 Å². The first kappa shape index (κ1) is 66.6. The van der Waals surface area contributed by atoms with Crippen LogP contribution in [0.2, 0.25) is 0 Å². The first-order valence-electron chi connectivity index (χ1n) is 26.5. The molecule has 0 spiro atoms. The third-order valence-electron chi connectivity index (χ3n) is 12.8. The molecule has 10 amide bonds. The lowest BCUT2D eigenvalue weighted by molar-refractivity contribution is -0.197. The van der Waals surface area contributed by atoms with Gasteiger partial charge in [-0.05, 0) is 68.4 Å². The number of Topliss-reactive ketones (excluding diaryl/α,β-unsaturated/α-hetero) is 1. The maximum absolute atomic E-state index is 15.4. The average molecular weight is 1170 g/mol. The van der Waals surface area contributed by atoms with E-state index in [1.807, 2.05) is 12.1 Å². The fraction of sp³-hybridized carbons (Fsp3) is 0.473. The minimum Gasteiger partial charge on any atom is -0.480 e. The maximum atomic E-state index is 15.4. The van der Waals surface area contributed by atoms with Crippen molar-refractivity contribution in [3.63, 3.8) is 0 Å². The maximum Gasteiger partial charge on any atom is 0.333 e. The highest BCUT2D eigenvalue weighted by Gasteiger charge is 2.39. The van der Waals surface area contributed by atoms with E-state index in [1.165, 1.54) is 18.7 Å². The Bertz CT molecular complexity index is 2900. The van der Waals surface area contributed by atoms with Gasteiger partial charge in [0.2, 0.25) is 47.3 Å². The van der Waals surface area contributed by atoms with Crippen molar-refractivity contribution in [1.82, 2.24) is 46.4 Å². The van der Waals surface area contributed by atoms with Crippen molar-refractivity contribution in [3.05, 3.63) is 83.7 Å². The topological polar surface area (TPSA) is 381 Å². The molecule has 1 aliphatic rings. The van der Waals surface area contributed by atoms with E-state index in [4.69, 9.17) is 10.6 Å². The molecule has 4 rings (SSSR count). The molecule has 0 unspecified atom stereocenters. The van der Waals surface area contributed by atoms with Gasteiger partial charge in [0, 0.05) is 81.2 Å². The number of nitrogens with zero attached hydrogens (tertiary/aromatic N) is 3. The number of halogens is 2. The summed E-state index contributed by atoms with van der Waals surface area (Å²) in [5, 5.41) is 34.5. The molecule has 1 fully saturated rings. The van der Waals surface area contributed by atoms with Crippen LogP contribution in [0.25, 0.3) is 11.1 Å². The average Bonchev–Trinajstić information content (AvgIpc) is 2.81. The van der Waals surface area contributed by atoms with Crippen molar-refractivity contribution in [3.8, 4) is 11.1 Å². The molecule has 2 heterocycles. The van der Waals surface area contributed by atoms with Crippen LogP contribution in [-0.2, 0) is 73.7 Å². The Morgan fingerprint density at radius 1 is 0.759 bits per heavy atom. The van der Waals surface area contributed by atoms with Crippen LogP contribution in [-0.4, -0.2) is 152 Å². The summed E-state index contributed by atoms with van der Waals surface area (Å²) < 4.78 is 31.8. The molecule has 2 aromatic carbocycles. The molecule has 450 valence electrons. The summed E-state index contributed by atoms with van der Waals surface area (Å²) in [5.74, 6) is -13.2. The number of imide groups is 1. The molecule has 0 bridgehead atoms. The highest BCUT2D eigenvalue weighted by atomic mass is 19.1. The van der Waals surface area contributed by atoms with Crippen LogP contribution < -0.4 is 37.6 Å². The first-order chi connectivity index (χ1) is 39.1. The third-order valence-corrected chi connectivity index (χ3v) is 12.8. The molecule has 0 radical (unpaired) electrons. The Morgan fingerprint density at radius 3 is 2.02 bits per heavy atom. The predicted octanol–water partition coefficient (Wildman–Crippen LogP) is 0.468. The Balaban J connectivity index is 1.57. The van der Waals surface area contributed by atoms with Gasteiger partial charge in [0.1, 0.15) is 48.2 Å². The summed E-state index contributed by atoms with van der Waals surface area (Å²) in [5.41, 5.74) is 5.79. The number of hydrogen-bond donors (Lipinski definition) is 9. The number of nitrogens with one attached hydrogen (secondary N) is 6. The van der Waals surface area contributed by atoms with Gasteiger partial charge in [0.25, 0.3) is 11.8 Å². The van der Waals surface area contributed by atoms with E-state index in [0.717, 1.165) is 23.8 Å². The van der Waals surface area contributed by atoms with Crippen molar-refractivity contribution in [1.29, 1.82) is 0 Å². The standard InChI is InChI=1S/C55H70F2N10O16/c1-31(69)14-17-39(54(81)82)62-44(72)20-22-59-52(79)38(64-53(80)40(26-42(58)70)63-45(73)27-60-51(78)32(2)61-43(71)12-9-13-49(77)83-67-46(74)18-19-47(67)75)21-23-66(48(76)30-68)50(55(3,4)5)41-24-34(36-25-35(56)15-16-37(36)57)29-65(41)28-33-10-7-6-8-11-33/h6-8,10-11,15-16,24-25,29,32,38-40,50,68H,9,12-14,17-23,26-28,30H2,1-5H3,(H2,58,70)(H,59,79)(H,60,78)(H,61,71)(H,62,72)(H,63,73)(H,64,80)(H,81,82)/t32-,38-,39-,40-,50-/m0/s1. The number of benzene rings is 2. The number of aliphatic carboxylic acids is 1. The fourth-order valence-corrected chi connectivity index (χ4v) is 8.76. The third kappa shape index (κ3) is 21.1. The highest BCUT2D eigenvalue weighted by Crippen LogP contribution is 2.41. The van der Waals surface area contributed by atoms with E-state index in [2.05, 4.69) is 31.9 Å². The Morgan fingerprint density at radius 2 is 1.41 bits per heavy atom. The molecule has 83 heavy (non-hydrogen) atoms. The molecule has 28 heteroatoms. The van der Waals surface area contributed by atoms with Crippen LogP contribution in [0.4, 0.5) is 8.78 Å². The van der Waals surface area contributed by atoms with Crippen LogP contribution in [0.3, 0.4) is 0 Å². The summed E-state index contributed by atoms with van der Waals surface area (Å²) in [4.78, 5) is 171. The number of carboxylic acids is 1. The highest BCUT2D eigenvalue weighted by molar-refractivity contribution is 6.01. The number of ketones is 1. The second kappa shape index (κ2) is 31.3. The first-order valence-corrected chi connectivity index (χ1v) is 26.5. The second-order valence-corrected chi connectivity index (χ2v) is 20.7. The number of carboxylic acid groups (broad SMARTS) is 1. The minimum atomic E-state index is -1.83. The van der Waals surface area contributed by atoms with Gasteiger partial charge in [-0.15, -0.1) is 5.06 Å². The zero-order valence-electron chi connectivity index (χ0n) is 46.6. The summed E-state index contributed by atoms with van der Waals surface area (Å²) in [6.07, 6.45) is -1.62. The number of aromatic nitrogens is 1. The van der Waals surface area contributed by atoms with Gasteiger partial charge >= 0.3 is 11.9 Å². The van der Waals surface area contributed by atoms with Crippen LogP contribution in [0.1, 0.15) is 116 Å². The lowest BCUT2D eigenvalue weighted by atomic mass is 9.82. The van der Waals surface area contributed by atoms with Crippen LogP contribution in [0.5, 0.6) is 0 Å². The number of aliphatic hydroxyl groups is 1. The molecule has 1 saturated heterocycles. The van der Waals surface area contributed by atoms with Gasteiger partial charge in [0.15, 0.2) is 0 Å². The van der Waals surface area contributed by atoms with Crippen LogP contribution in [0.15, 0.2) is 60.8 Å². The SMILES string of the molecule is CC(=O)CC[C@H](NC(=O)CCNC(=O)[C@H](CCN(C(=O)CO)[C@@H](c1cc(-c2cc(F)ccc2F)cn1Cc1ccccc1)C(C)(C)C)NC(=O)[C@H](CC(N)=O)NC(=O)CNC(=O)[C@H](C)NC(=O)CCCC(=O)ON1C(=O)CCC1=O)C(=O)O.